The third kappa shape index (κ3) is 15.9. The summed E-state index contributed by atoms with van der Waals surface area (Å²) in [5.74, 6) is -6.36. The fourth-order valence-electron chi connectivity index (χ4n) is 15.1. The number of aliphatic carboxylic acids is 3. The molecular weight excluding hydrogens is 1290 g/mol. The molecule has 4 saturated carbocycles. The van der Waals surface area contributed by atoms with Crippen LogP contribution in [-0.4, -0.2) is 191 Å². The van der Waals surface area contributed by atoms with Gasteiger partial charge in [0.2, 0.25) is 6.29 Å². The molecule has 10 N–H and O–H groups in total. The Kier molecular flexibility index (Phi) is 21.0. The molecule has 3 aromatic carbocycles. The molecule has 12 rings (SSSR count). The van der Waals surface area contributed by atoms with E-state index in [0.29, 0.717) is 73.3 Å². The normalized spacial score (nSPS) is 24.9. The summed E-state index contributed by atoms with van der Waals surface area (Å²) in [6.45, 7) is 8.23. The number of nitrogens with zero attached hydrogens (tertiary/aromatic N) is 6. The van der Waals surface area contributed by atoms with Gasteiger partial charge in [-0.3, -0.25) is 19.6 Å². The van der Waals surface area contributed by atoms with Crippen molar-refractivity contribution in [2.24, 2.45) is 22.0 Å². The molecule has 2 unspecified atom stereocenters. The van der Waals surface area contributed by atoms with Crippen molar-refractivity contribution in [1.82, 2.24) is 24.6 Å². The standard InChI is InChI=1S/C63H74N8O17S.C2HF3O2/c1-36-42(40-13-14-47(67-49(40)55(78)79)70-18-15-37-7-6-8-41(43(37)27-70)54(77)68-58-66-44-9-4-5-10-46(44)89-58)26-65-71(36)35-62-30-60(2)29-61(3,31-62)33-63(32-60,34-62)86-22-20-69(19-16-48(72)73)59(82)85-28-38-11-12-39(84-24-23-83-21-17-64)25-45(38)87-57-52(76)50(74)51(75)53(88-57)56(80)81;3-2(4,5)1(6)7/h4-14,25-26,50-53,57,74-76H,15-24,27-35,64H2,1-3H3,(H,72,73)(H,78,79)(H,80,81)(H,66,68,77);(H,6,7)/t50-,51-,52+,53-,57+,60?,61?,62?,63?;/m0./s1. The summed E-state index contributed by atoms with van der Waals surface area (Å²) in [4.78, 5) is 86.3. The SMILES string of the molecule is Cc1c(-c2ccc(N3CCc4cccc(C(=O)Nc5nc6ccccc6s5)c4C3)nc2C(=O)O)cnn1CC12CC3(C)CC(C)(C1)CC(OCCN(CCC(=O)O)C(=O)OCc1ccc(OCCOCCN)cc1O[C@@H]1O[C@H](C(=O)O)[C@@H](O)[C@H](O)[C@H]1O)(C3)C2.O=C(O)C(F)(F)F. The second-order valence-corrected chi connectivity index (χ2v) is 26.8. The van der Waals surface area contributed by atoms with Gasteiger partial charge in [0.15, 0.2) is 16.9 Å². The lowest BCUT2D eigenvalue weighted by molar-refractivity contribution is -0.271. The van der Waals surface area contributed by atoms with Gasteiger partial charge in [-0.2, -0.15) is 18.3 Å². The number of anilines is 2. The number of aromatic nitrogens is 4. The molecule has 5 fully saturated rings. The van der Waals surface area contributed by atoms with Crippen LogP contribution in [0.4, 0.5) is 28.9 Å². The van der Waals surface area contributed by atoms with E-state index in [1.165, 1.54) is 28.4 Å². The summed E-state index contributed by atoms with van der Waals surface area (Å²) >= 11 is 1.40. The number of hydrogen-bond acceptors (Lipinski definition) is 21. The number of para-hydroxylation sites is 1. The fraction of sp³-hybridized carbons (Fsp3) is 0.492. The lowest BCUT2D eigenvalue weighted by Gasteiger charge is -2.69. The fourth-order valence-corrected chi connectivity index (χ4v) is 15.9. The number of alkyl halides is 3. The second kappa shape index (κ2) is 28.6. The molecule has 2 amide bonds. The highest BCUT2D eigenvalue weighted by Gasteiger charge is 2.66. The molecule has 96 heavy (non-hydrogen) atoms. The number of carbonyl (C=O) groups excluding carboxylic acids is 2. The van der Waals surface area contributed by atoms with Crippen LogP contribution in [0.15, 0.2) is 79.0 Å². The second-order valence-electron chi connectivity index (χ2n) is 25.8. The summed E-state index contributed by atoms with van der Waals surface area (Å²) in [6, 6.07) is 21.4. The first-order valence-electron chi connectivity index (χ1n) is 31.0. The Hall–Kier alpha value is -8.56. The first kappa shape index (κ1) is 70.2. The average molecular weight is 1360 g/mol. The minimum atomic E-state index is -5.08. The van der Waals surface area contributed by atoms with Crippen molar-refractivity contribution < 1.29 is 106 Å². The number of amides is 2. The number of aliphatic hydroxyl groups excluding tert-OH is 3. The van der Waals surface area contributed by atoms with E-state index in [1.54, 1.807) is 24.4 Å². The zero-order valence-electron chi connectivity index (χ0n) is 52.7. The summed E-state index contributed by atoms with van der Waals surface area (Å²) in [5.41, 5.74) is 9.53. The number of hydrogen-bond donors (Lipinski definition) is 9. The summed E-state index contributed by atoms with van der Waals surface area (Å²) in [6.07, 6.45) is -8.58. The number of carboxylic acid groups (broad SMARTS) is 4. The maximum atomic E-state index is 14.0. The number of benzene rings is 3. The van der Waals surface area contributed by atoms with Gasteiger partial charge in [0.25, 0.3) is 5.91 Å². The molecule has 516 valence electrons. The van der Waals surface area contributed by atoms with Crippen molar-refractivity contribution in [2.45, 2.75) is 134 Å². The number of rotatable bonds is 25. The van der Waals surface area contributed by atoms with Crippen LogP contribution in [0.1, 0.15) is 102 Å². The number of carboxylic acids is 4. The molecule has 3 aromatic heterocycles. The number of fused-ring (bicyclic) bond motifs is 2. The van der Waals surface area contributed by atoms with Crippen LogP contribution in [0.2, 0.25) is 0 Å². The summed E-state index contributed by atoms with van der Waals surface area (Å²) in [5, 5.41) is 77.3. The van der Waals surface area contributed by atoms with Gasteiger partial charge in [-0.1, -0.05) is 49.4 Å². The lowest BCUT2D eigenvalue weighted by Crippen LogP contribution is -2.64. The number of nitrogens with one attached hydrogen (secondary N) is 1. The molecule has 6 aromatic rings. The molecule has 27 nitrogen and oxygen atoms in total. The molecule has 2 aliphatic heterocycles. The molecule has 6 aliphatic rings. The molecule has 1 saturated heterocycles. The van der Waals surface area contributed by atoms with Crippen LogP contribution in [0.25, 0.3) is 21.3 Å². The average Bonchev–Trinajstić information content (AvgIpc) is 0.878. The van der Waals surface area contributed by atoms with Crippen LogP contribution >= 0.6 is 11.3 Å². The first-order chi connectivity index (χ1) is 45.5. The van der Waals surface area contributed by atoms with Gasteiger partial charge >= 0.3 is 36.1 Å². The van der Waals surface area contributed by atoms with Gasteiger partial charge < -0.3 is 79.7 Å². The van der Waals surface area contributed by atoms with Crippen molar-refractivity contribution in [2.75, 3.05) is 62.8 Å². The van der Waals surface area contributed by atoms with Crippen LogP contribution in [0.3, 0.4) is 0 Å². The molecule has 4 bridgehead atoms. The number of nitrogens with two attached hydrogens (primary N) is 1. The van der Waals surface area contributed by atoms with Crippen molar-refractivity contribution >= 4 is 68.4 Å². The molecule has 4 aliphatic carbocycles. The van der Waals surface area contributed by atoms with Gasteiger partial charge in [0.05, 0.1) is 48.3 Å². The van der Waals surface area contributed by atoms with E-state index >= 15 is 0 Å². The lowest BCUT2D eigenvalue weighted by atomic mass is 9.39. The minimum absolute atomic E-state index is 0.0229. The predicted octanol–water partition coefficient (Wildman–Crippen LogP) is 6.88. The Bertz CT molecular complexity index is 3840. The maximum absolute atomic E-state index is 14.0. The van der Waals surface area contributed by atoms with E-state index in [0.717, 1.165) is 59.1 Å². The summed E-state index contributed by atoms with van der Waals surface area (Å²) < 4.78 is 69.9. The molecule has 0 radical (unpaired) electrons. The summed E-state index contributed by atoms with van der Waals surface area (Å²) in [7, 11) is 0. The van der Waals surface area contributed by atoms with Crippen LogP contribution in [0.5, 0.6) is 11.5 Å². The van der Waals surface area contributed by atoms with Gasteiger partial charge in [0, 0.05) is 73.3 Å². The van der Waals surface area contributed by atoms with Crippen molar-refractivity contribution in [1.29, 1.82) is 0 Å². The number of aromatic carboxylic acids is 1. The Balaban J connectivity index is 0.00000136. The van der Waals surface area contributed by atoms with Gasteiger partial charge in [0.1, 0.15) is 48.8 Å². The highest BCUT2D eigenvalue weighted by molar-refractivity contribution is 7.22. The van der Waals surface area contributed by atoms with E-state index in [1.807, 2.05) is 59.0 Å². The quantitative estimate of drug-likeness (QED) is 0.0263. The van der Waals surface area contributed by atoms with Crippen molar-refractivity contribution in [3.8, 4) is 22.6 Å². The van der Waals surface area contributed by atoms with E-state index in [2.05, 4.69) is 24.1 Å². The van der Waals surface area contributed by atoms with E-state index in [-0.39, 0.29) is 77.8 Å². The Morgan fingerprint density at radius 3 is 2.26 bits per heavy atom. The first-order valence-corrected chi connectivity index (χ1v) is 31.8. The van der Waals surface area contributed by atoms with Crippen LogP contribution in [-0.2, 0) is 59.4 Å². The van der Waals surface area contributed by atoms with Crippen molar-refractivity contribution in [3.05, 3.63) is 113 Å². The molecule has 31 heteroatoms. The molecule has 7 atom stereocenters. The van der Waals surface area contributed by atoms with Gasteiger partial charge in [-0.15, -0.1) is 0 Å². The van der Waals surface area contributed by atoms with Crippen molar-refractivity contribution in [3.63, 3.8) is 0 Å². The monoisotopic (exact) mass is 1360 g/mol. The number of aliphatic hydroxyl groups is 3. The van der Waals surface area contributed by atoms with E-state index < -0.39 is 85.5 Å². The third-order valence-corrected chi connectivity index (χ3v) is 19.0. The van der Waals surface area contributed by atoms with Gasteiger partial charge in [-0.25, -0.2) is 29.1 Å². The number of carbonyl (C=O) groups is 6. The zero-order chi connectivity index (χ0) is 69.1. The molecule has 5 heterocycles. The van der Waals surface area contributed by atoms with Crippen LogP contribution in [0, 0.1) is 23.2 Å². The Morgan fingerprint density at radius 2 is 1.57 bits per heavy atom. The number of thiazole rings is 1. The van der Waals surface area contributed by atoms with E-state index in [4.69, 9.17) is 54.1 Å². The highest BCUT2D eigenvalue weighted by atomic mass is 32.1. The molecule has 0 spiro atoms. The number of pyridine rings is 1. The third-order valence-electron chi connectivity index (χ3n) is 18.0. The Morgan fingerprint density at radius 1 is 0.833 bits per heavy atom. The predicted molar refractivity (Wildman–Crippen MR) is 335 cm³/mol. The smallest absolute Gasteiger partial charge is 0.490 e. The van der Waals surface area contributed by atoms with E-state index in [9.17, 15) is 67.8 Å². The largest absolute Gasteiger partial charge is 0.491 e. The Labute approximate surface area is 551 Å². The minimum Gasteiger partial charge on any atom is -0.491 e. The molecular formula is C65H75F3N8O19S. The van der Waals surface area contributed by atoms with Crippen LogP contribution < -0.4 is 25.4 Å². The maximum Gasteiger partial charge on any atom is 0.490 e. The highest BCUT2D eigenvalue weighted by Crippen LogP contribution is 2.72. The number of ether oxygens (including phenoxy) is 6. The van der Waals surface area contributed by atoms with Gasteiger partial charge in [-0.05, 0) is 122 Å². The topological polar surface area (TPSA) is 388 Å². The number of halogens is 3. The zero-order valence-corrected chi connectivity index (χ0v) is 53.5.